The van der Waals surface area contributed by atoms with Crippen molar-refractivity contribution >= 4 is 5.97 Å². The molecule has 176 valence electrons. The van der Waals surface area contributed by atoms with Crippen LogP contribution >= 0.6 is 0 Å². The number of ether oxygens (including phenoxy) is 1. The highest BCUT2D eigenvalue weighted by molar-refractivity contribution is 5.70. The molecule has 0 radical (unpaired) electrons. The van der Waals surface area contributed by atoms with E-state index in [1.54, 1.807) is 0 Å². The lowest BCUT2D eigenvalue weighted by atomic mass is 9.78. The lowest BCUT2D eigenvalue weighted by molar-refractivity contribution is -0.259. The first-order valence-corrected chi connectivity index (χ1v) is 11.4. The molecule has 1 aromatic rings. The normalized spacial score (nSPS) is 20.0. The smallest absolute Gasteiger partial charge is 0.306 e. The summed E-state index contributed by atoms with van der Waals surface area (Å²) in [7, 11) is 0. The van der Waals surface area contributed by atoms with Crippen molar-refractivity contribution in [1.29, 1.82) is 0 Å². The average Bonchev–Trinajstić information content (AvgIpc) is 2.56. The molecule has 1 fully saturated rings. The SMILES string of the molecule is CC(C)(C)c1cc(CCC(=O)OC2CC(C)(C)N(O)C(C)(C)C2)c(O)c(C(C)(C)C)c1. The van der Waals surface area contributed by atoms with Gasteiger partial charge in [-0.2, -0.15) is 5.06 Å². The van der Waals surface area contributed by atoms with Crippen LogP contribution < -0.4 is 0 Å². The summed E-state index contributed by atoms with van der Waals surface area (Å²) >= 11 is 0. The quantitative estimate of drug-likeness (QED) is 0.581. The minimum Gasteiger partial charge on any atom is -0.507 e. The molecule has 0 unspecified atom stereocenters. The lowest BCUT2D eigenvalue weighted by Gasteiger charge is -2.50. The Bertz CT molecular complexity index is 794. The number of phenolic OH excluding ortho intramolecular Hbond substituents is 1. The van der Waals surface area contributed by atoms with E-state index in [9.17, 15) is 15.1 Å². The zero-order valence-corrected chi connectivity index (χ0v) is 21.2. The highest BCUT2D eigenvalue weighted by Crippen LogP contribution is 2.39. The third-order valence-electron chi connectivity index (χ3n) is 6.36. The Morgan fingerprint density at radius 3 is 2.00 bits per heavy atom. The van der Waals surface area contributed by atoms with Crippen LogP contribution in [-0.2, 0) is 26.8 Å². The van der Waals surface area contributed by atoms with Crippen molar-refractivity contribution in [2.45, 2.75) is 123 Å². The Morgan fingerprint density at radius 2 is 1.55 bits per heavy atom. The third-order valence-corrected chi connectivity index (χ3v) is 6.36. The Balaban J connectivity index is 2.16. The van der Waals surface area contributed by atoms with E-state index in [4.69, 9.17) is 4.74 Å². The summed E-state index contributed by atoms with van der Waals surface area (Å²) in [4.78, 5) is 12.7. The number of nitrogens with zero attached hydrogens (tertiary/aromatic N) is 1. The second-order valence-corrected chi connectivity index (χ2v) is 12.5. The molecule has 1 saturated heterocycles. The molecule has 0 atom stereocenters. The number of carbonyl (C=O) groups is 1. The fraction of sp³-hybridized carbons (Fsp3) is 0.731. The van der Waals surface area contributed by atoms with Gasteiger partial charge in [-0.15, -0.1) is 0 Å². The summed E-state index contributed by atoms with van der Waals surface area (Å²) in [5, 5.41) is 22.8. The Hall–Kier alpha value is -1.59. The van der Waals surface area contributed by atoms with Gasteiger partial charge in [0.15, 0.2) is 0 Å². The van der Waals surface area contributed by atoms with Crippen molar-refractivity contribution in [1.82, 2.24) is 5.06 Å². The van der Waals surface area contributed by atoms with E-state index < -0.39 is 11.1 Å². The van der Waals surface area contributed by atoms with Crippen LogP contribution in [0.5, 0.6) is 5.75 Å². The zero-order chi connectivity index (χ0) is 24.0. The molecule has 5 heteroatoms. The maximum absolute atomic E-state index is 12.7. The lowest BCUT2D eigenvalue weighted by Crippen LogP contribution is -2.60. The van der Waals surface area contributed by atoms with Crippen molar-refractivity contribution in [3.63, 3.8) is 0 Å². The van der Waals surface area contributed by atoms with Gasteiger partial charge >= 0.3 is 5.97 Å². The summed E-state index contributed by atoms with van der Waals surface area (Å²) in [6.45, 7) is 20.6. The Morgan fingerprint density at radius 1 is 1.03 bits per heavy atom. The Labute approximate surface area is 188 Å². The van der Waals surface area contributed by atoms with Crippen molar-refractivity contribution in [3.8, 4) is 5.75 Å². The maximum Gasteiger partial charge on any atom is 0.306 e. The highest BCUT2D eigenvalue weighted by Gasteiger charge is 2.46. The number of carbonyl (C=O) groups excluding carboxylic acids is 1. The molecule has 0 aliphatic carbocycles. The summed E-state index contributed by atoms with van der Waals surface area (Å²) < 4.78 is 5.81. The van der Waals surface area contributed by atoms with Crippen LogP contribution in [0.3, 0.4) is 0 Å². The van der Waals surface area contributed by atoms with E-state index in [0.29, 0.717) is 19.3 Å². The summed E-state index contributed by atoms with van der Waals surface area (Å²) in [5.41, 5.74) is 1.66. The number of hydrogen-bond acceptors (Lipinski definition) is 5. The van der Waals surface area contributed by atoms with Crippen LogP contribution in [0.25, 0.3) is 0 Å². The second-order valence-electron chi connectivity index (χ2n) is 12.5. The fourth-order valence-corrected chi connectivity index (χ4v) is 4.63. The topological polar surface area (TPSA) is 70.0 Å². The van der Waals surface area contributed by atoms with Crippen LogP contribution in [0, 0.1) is 0 Å². The van der Waals surface area contributed by atoms with Crippen LogP contribution in [0.15, 0.2) is 12.1 Å². The molecule has 0 aromatic heterocycles. The standard InChI is InChI=1S/C26H43NO4/c1-23(2,3)18-13-17(22(29)20(14-18)24(4,5)6)11-12-21(28)31-19-15-25(7,8)27(30)26(9,10)16-19/h13-14,19,29-30H,11-12,15-16H2,1-10H3. The van der Waals surface area contributed by atoms with Gasteiger partial charge in [0.2, 0.25) is 0 Å². The maximum atomic E-state index is 12.7. The number of hydrogen-bond donors (Lipinski definition) is 2. The van der Waals surface area contributed by atoms with Gasteiger partial charge in [0.05, 0.1) is 0 Å². The minimum atomic E-state index is -0.465. The molecule has 0 spiro atoms. The number of phenols is 1. The average molecular weight is 434 g/mol. The van der Waals surface area contributed by atoms with Gasteiger partial charge in [-0.1, -0.05) is 53.7 Å². The third kappa shape index (κ3) is 6.01. The molecule has 1 heterocycles. The van der Waals surface area contributed by atoms with E-state index >= 15 is 0 Å². The zero-order valence-electron chi connectivity index (χ0n) is 21.2. The molecule has 1 aliphatic rings. The monoisotopic (exact) mass is 433 g/mol. The molecular weight excluding hydrogens is 390 g/mol. The van der Waals surface area contributed by atoms with Crippen LogP contribution in [-0.4, -0.2) is 38.5 Å². The number of esters is 1. The molecule has 1 aliphatic heterocycles. The fourth-order valence-electron chi connectivity index (χ4n) is 4.63. The van der Waals surface area contributed by atoms with Crippen molar-refractivity contribution in [3.05, 3.63) is 28.8 Å². The number of benzene rings is 1. The molecule has 0 saturated carbocycles. The predicted molar refractivity (Wildman–Crippen MR) is 125 cm³/mol. The number of piperidine rings is 1. The van der Waals surface area contributed by atoms with Crippen molar-refractivity contribution < 1.29 is 19.8 Å². The van der Waals surface area contributed by atoms with Crippen molar-refractivity contribution in [2.24, 2.45) is 0 Å². The molecule has 31 heavy (non-hydrogen) atoms. The molecule has 0 amide bonds. The molecule has 0 bridgehead atoms. The summed E-state index contributed by atoms with van der Waals surface area (Å²) in [6, 6.07) is 4.11. The molecule has 1 aromatic carbocycles. The predicted octanol–water partition coefficient (Wildman–Crippen LogP) is 5.87. The van der Waals surface area contributed by atoms with Gasteiger partial charge in [0.1, 0.15) is 11.9 Å². The summed E-state index contributed by atoms with van der Waals surface area (Å²) in [6.07, 6.45) is 1.57. The van der Waals surface area contributed by atoms with Crippen LogP contribution in [0.4, 0.5) is 0 Å². The van der Waals surface area contributed by atoms with Gasteiger partial charge in [0, 0.05) is 30.3 Å². The van der Waals surface area contributed by atoms with Crippen molar-refractivity contribution in [2.75, 3.05) is 0 Å². The number of aryl methyl sites for hydroxylation is 1. The molecule has 2 rings (SSSR count). The highest BCUT2D eigenvalue weighted by atomic mass is 16.5. The molecule has 2 N–H and O–H groups in total. The minimum absolute atomic E-state index is 0.0572. The van der Waals surface area contributed by atoms with Crippen LogP contribution in [0.1, 0.15) is 105 Å². The van der Waals surface area contributed by atoms with E-state index in [-0.39, 0.29) is 35.1 Å². The second kappa shape index (κ2) is 8.40. The van der Waals surface area contributed by atoms with Crippen LogP contribution in [0.2, 0.25) is 0 Å². The van der Waals surface area contributed by atoms with Gasteiger partial charge < -0.3 is 15.1 Å². The van der Waals surface area contributed by atoms with Gasteiger partial charge in [0.25, 0.3) is 0 Å². The van der Waals surface area contributed by atoms with E-state index in [1.165, 1.54) is 5.06 Å². The van der Waals surface area contributed by atoms with E-state index in [2.05, 4.69) is 47.6 Å². The Kier molecular flexibility index (Phi) is 6.96. The first-order valence-electron chi connectivity index (χ1n) is 11.4. The number of aromatic hydroxyl groups is 1. The first kappa shape index (κ1) is 25.7. The first-order chi connectivity index (χ1) is 13.8. The molecular formula is C26H43NO4. The van der Waals surface area contributed by atoms with E-state index in [1.807, 2.05) is 33.8 Å². The van der Waals surface area contributed by atoms with E-state index in [0.717, 1.165) is 16.7 Å². The largest absolute Gasteiger partial charge is 0.507 e. The summed E-state index contributed by atoms with van der Waals surface area (Å²) in [5.74, 6) is 0.0185. The molecule has 5 nitrogen and oxygen atoms in total. The number of hydroxylamine groups is 2. The number of rotatable bonds is 4. The van der Waals surface area contributed by atoms with Gasteiger partial charge in [-0.25, -0.2) is 0 Å². The van der Waals surface area contributed by atoms with Gasteiger partial charge in [-0.05, 0) is 61.6 Å². The van der Waals surface area contributed by atoms with Gasteiger partial charge in [-0.3, -0.25) is 4.79 Å².